The molecule has 2 rings (SSSR count). The molecule has 0 aromatic carbocycles. The van der Waals surface area contributed by atoms with Crippen LogP contribution in [0.1, 0.15) is 34.7 Å². The Balaban J connectivity index is 1.80. The van der Waals surface area contributed by atoms with E-state index in [-0.39, 0.29) is 11.9 Å². The minimum atomic E-state index is -0.260. The number of hydrogen-bond acceptors (Lipinski definition) is 6. The molecule has 0 saturated heterocycles. The molecule has 0 aliphatic carbocycles. The summed E-state index contributed by atoms with van der Waals surface area (Å²) in [5, 5.41) is 15.8. The predicted molar refractivity (Wildman–Crippen MR) is 81.6 cm³/mol. The highest BCUT2D eigenvalue weighted by Gasteiger charge is 2.12. The minimum Gasteiger partial charge on any atom is -0.337 e. The number of carbonyl (C=O) groups excluding carboxylic acids is 1. The van der Waals surface area contributed by atoms with Gasteiger partial charge in [-0.05, 0) is 13.3 Å². The van der Waals surface area contributed by atoms with Gasteiger partial charge in [-0.15, -0.1) is 21.5 Å². The normalized spacial score (nSPS) is 12.2. The van der Waals surface area contributed by atoms with Crippen molar-refractivity contribution in [3.63, 3.8) is 0 Å². The van der Waals surface area contributed by atoms with Crippen molar-refractivity contribution < 1.29 is 4.79 Å². The first-order chi connectivity index (χ1) is 9.58. The van der Waals surface area contributed by atoms with Crippen molar-refractivity contribution in [3.05, 3.63) is 21.1 Å². The maximum Gasteiger partial charge on any atom is 0.321 e. The highest BCUT2D eigenvalue weighted by Crippen LogP contribution is 2.20. The molecular formula is C12H17N5OS2. The van der Waals surface area contributed by atoms with Crippen molar-refractivity contribution in [2.45, 2.75) is 33.1 Å². The van der Waals surface area contributed by atoms with E-state index in [1.807, 2.05) is 27.0 Å². The summed E-state index contributed by atoms with van der Waals surface area (Å²) in [7, 11) is 0. The maximum absolute atomic E-state index is 11.8. The number of aromatic nitrogens is 3. The van der Waals surface area contributed by atoms with Crippen LogP contribution in [0, 0.1) is 6.92 Å². The van der Waals surface area contributed by atoms with Gasteiger partial charge in [0, 0.05) is 23.5 Å². The summed E-state index contributed by atoms with van der Waals surface area (Å²) < 4.78 is 0. The van der Waals surface area contributed by atoms with Gasteiger partial charge in [0.25, 0.3) is 0 Å². The molecule has 0 unspecified atom stereocenters. The zero-order valence-corrected chi connectivity index (χ0v) is 13.3. The lowest BCUT2D eigenvalue weighted by atomic mass is 10.2. The minimum absolute atomic E-state index is 0.195. The number of hydrogen-bond donors (Lipinski definition) is 2. The molecule has 0 saturated carbocycles. The third-order valence-electron chi connectivity index (χ3n) is 2.62. The highest BCUT2D eigenvalue weighted by molar-refractivity contribution is 7.15. The van der Waals surface area contributed by atoms with Crippen LogP contribution < -0.4 is 10.6 Å². The van der Waals surface area contributed by atoms with Crippen LogP contribution in [0.5, 0.6) is 0 Å². The van der Waals surface area contributed by atoms with E-state index in [1.165, 1.54) is 16.2 Å². The van der Waals surface area contributed by atoms with Crippen molar-refractivity contribution in [2.75, 3.05) is 11.9 Å². The average molecular weight is 311 g/mol. The summed E-state index contributed by atoms with van der Waals surface area (Å²) in [5.74, 6) is 0.195. The molecule has 2 heterocycles. The smallest absolute Gasteiger partial charge is 0.321 e. The fraction of sp³-hybridized carbons (Fsp3) is 0.500. The van der Waals surface area contributed by atoms with Gasteiger partial charge in [-0.25, -0.2) is 9.78 Å². The van der Waals surface area contributed by atoms with E-state index in [0.29, 0.717) is 11.7 Å². The van der Waals surface area contributed by atoms with Gasteiger partial charge in [-0.1, -0.05) is 25.2 Å². The van der Waals surface area contributed by atoms with Gasteiger partial charge in [0.05, 0.1) is 5.01 Å². The number of nitrogens with zero attached hydrogens (tertiary/aromatic N) is 3. The van der Waals surface area contributed by atoms with Crippen LogP contribution in [0.2, 0.25) is 0 Å². The van der Waals surface area contributed by atoms with Crippen molar-refractivity contribution >= 4 is 33.8 Å². The van der Waals surface area contributed by atoms with E-state index in [9.17, 15) is 4.79 Å². The lowest BCUT2D eigenvalue weighted by Crippen LogP contribution is -2.31. The topological polar surface area (TPSA) is 79.8 Å². The van der Waals surface area contributed by atoms with Gasteiger partial charge >= 0.3 is 6.03 Å². The second-order valence-corrected chi connectivity index (χ2v) is 6.73. The van der Waals surface area contributed by atoms with E-state index >= 15 is 0 Å². The predicted octanol–water partition coefficient (Wildman–Crippen LogP) is 2.79. The highest BCUT2D eigenvalue weighted by atomic mass is 32.1. The SMILES string of the molecule is CCc1nnc(NC(=O)NC[C@@H](C)c2ncc(C)s2)s1. The number of rotatable bonds is 5. The standard InChI is InChI=1S/C12H17N5OS2/c1-4-9-16-17-12(20-9)15-11(18)14-5-7(2)10-13-6-8(3)19-10/h6-7H,4-5H2,1-3H3,(H2,14,15,17,18)/t7-/m1/s1. The summed E-state index contributed by atoms with van der Waals surface area (Å²) in [6.07, 6.45) is 2.67. The number of thiazole rings is 1. The quantitative estimate of drug-likeness (QED) is 0.890. The van der Waals surface area contributed by atoms with E-state index < -0.39 is 0 Å². The molecule has 108 valence electrons. The van der Waals surface area contributed by atoms with Crippen molar-refractivity contribution in [1.82, 2.24) is 20.5 Å². The van der Waals surface area contributed by atoms with Gasteiger partial charge in [-0.2, -0.15) is 0 Å². The first-order valence-corrected chi connectivity index (χ1v) is 8.01. The van der Waals surface area contributed by atoms with Crippen molar-refractivity contribution in [1.29, 1.82) is 0 Å². The number of carbonyl (C=O) groups is 1. The van der Waals surface area contributed by atoms with Gasteiger partial charge in [0.15, 0.2) is 0 Å². The molecule has 1 atom stereocenters. The van der Waals surface area contributed by atoms with Crippen molar-refractivity contribution in [3.8, 4) is 0 Å². The third-order valence-corrected chi connectivity index (χ3v) is 4.75. The van der Waals surface area contributed by atoms with E-state index in [1.54, 1.807) is 11.3 Å². The van der Waals surface area contributed by atoms with Gasteiger partial charge < -0.3 is 5.32 Å². The molecule has 0 aliphatic heterocycles. The Labute approximate surface area is 125 Å². The number of nitrogens with one attached hydrogen (secondary N) is 2. The van der Waals surface area contributed by atoms with Gasteiger partial charge in [0.1, 0.15) is 5.01 Å². The average Bonchev–Trinajstić information content (AvgIpc) is 3.05. The van der Waals surface area contributed by atoms with Crippen LogP contribution in [0.4, 0.5) is 9.93 Å². The molecule has 8 heteroatoms. The molecule has 2 amide bonds. The second-order valence-electron chi connectivity index (χ2n) is 4.40. The Bertz CT molecular complexity index is 580. The Morgan fingerprint density at radius 1 is 1.40 bits per heavy atom. The van der Waals surface area contributed by atoms with Crippen LogP contribution >= 0.6 is 22.7 Å². The lowest BCUT2D eigenvalue weighted by molar-refractivity contribution is 0.251. The monoisotopic (exact) mass is 311 g/mol. The van der Waals surface area contributed by atoms with Crippen LogP contribution in [-0.4, -0.2) is 27.8 Å². The van der Waals surface area contributed by atoms with Crippen LogP contribution in [0.25, 0.3) is 0 Å². The molecule has 0 fully saturated rings. The molecule has 2 aromatic rings. The third kappa shape index (κ3) is 3.97. The number of amides is 2. The molecule has 0 spiro atoms. The van der Waals surface area contributed by atoms with Crippen molar-refractivity contribution in [2.24, 2.45) is 0 Å². The number of aryl methyl sites for hydroxylation is 2. The van der Waals surface area contributed by atoms with E-state index in [4.69, 9.17) is 0 Å². The first-order valence-electron chi connectivity index (χ1n) is 6.38. The molecular weight excluding hydrogens is 294 g/mol. The Morgan fingerprint density at radius 2 is 2.20 bits per heavy atom. The van der Waals surface area contributed by atoms with E-state index in [2.05, 4.69) is 25.8 Å². The zero-order chi connectivity index (χ0) is 14.5. The molecule has 2 aromatic heterocycles. The fourth-order valence-electron chi connectivity index (χ4n) is 1.52. The number of urea groups is 1. The Morgan fingerprint density at radius 3 is 2.80 bits per heavy atom. The second kappa shape index (κ2) is 6.76. The summed E-state index contributed by atoms with van der Waals surface area (Å²) in [6, 6.07) is -0.260. The lowest BCUT2D eigenvalue weighted by Gasteiger charge is -2.09. The largest absolute Gasteiger partial charge is 0.337 e. The molecule has 0 aliphatic rings. The molecule has 0 bridgehead atoms. The van der Waals surface area contributed by atoms with Gasteiger partial charge in [-0.3, -0.25) is 5.32 Å². The summed E-state index contributed by atoms with van der Waals surface area (Å²) in [5.41, 5.74) is 0. The Kier molecular flexibility index (Phi) is 5.02. The maximum atomic E-state index is 11.8. The molecule has 2 N–H and O–H groups in total. The summed E-state index contributed by atoms with van der Waals surface area (Å²) in [4.78, 5) is 17.2. The zero-order valence-electron chi connectivity index (χ0n) is 11.6. The van der Waals surface area contributed by atoms with Gasteiger partial charge in [0.2, 0.25) is 5.13 Å². The van der Waals surface area contributed by atoms with Crippen LogP contribution in [0.3, 0.4) is 0 Å². The first kappa shape index (κ1) is 14.9. The fourth-order valence-corrected chi connectivity index (χ4v) is 3.02. The molecule has 6 nitrogen and oxygen atoms in total. The van der Waals surface area contributed by atoms with Crippen LogP contribution in [0.15, 0.2) is 6.20 Å². The summed E-state index contributed by atoms with van der Waals surface area (Å²) >= 11 is 3.05. The molecule has 20 heavy (non-hydrogen) atoms. The van der Waals surface area contributed by atoms with Crippen LogP contribution in [-0.2, 0) is 6.42 Å². The van der Waals surface area contributed by atoms with E-state index in [0.717, 1.165) is 16.4 Å². The Hall–Kier alpha value is -1.54. The summed E-state index contributed by atoms with van der Waals surface area (Å²) in [6.45, 7) is 6.60. The number of anilines is 1. The molecule has 0 radical (unpaired) electrons.